The first kappa shape index (κ1) is 14.5. The Morgan fingerprint density at radius 2 is 1.89 bits per heavy atom. The molecular weight excluding hydrogens is 234 g/mol. The number of nitrogens with one attached hydrogen (secondary N) is 1. The minimum atomic E-state index is -0.927. The molecule has 1 aromatic rings. The maximum absolute atomic E-state index is 11.1. The van der Waals surface area contributed by atoms with Gasteiger partial charge in [0.1, 0.15) is 0 Å². The van der Waals surface area contributed by atoms with E-state index < -0.39 is 17.5 Å². The fraction of sp³-hybridized carbons (Fsp3) is 0.462. The van der Waals surface area contributed by atoms with E-state index in [4.69, 9.17) is 10.2 Å². The van der Waals surface area contributed by atoms with Crippen LogP contribution in [0.25, 0.3) is 0 Å². The van der Waals surface area contributed by atoms with Crippen LogP contribution in [-0.2, 0) is 10.2 Å². The number of anilines is 1. The van der Waals surface area contributed by atoms with Crippen LogP contribution in [0.3, 0.4) is 0 Å². The lowest BCUT2D eigenvalue weighted by Gasteiger charge is -2.20. The first-order valence-electron chi connectivity index (χ1n) is 5.74. The largest absolute Gasteiger partial charge is 0.481 e. The number of carboxylic acid groups (broad SMARTS) is 1. The van der Waals surface area contributed by atoms with Gasteiger partial charge in [-0.3, -0.25) is 4.79 Å². The van der Waals surface area contributed by atoms with Crippen molar-refractivity contribution in [2.24, 2.45) is 0 Å². The number of carboxylic acids is 1. The predicted octanol–water partition coefficient (Wildman–Crippen LogP) is 0.814. The maximum atomic E-state index is 11.1. The van der Waals surface area contributed by atoms with Crippen LogP contribution in [0.15, 0.2) is 24.3 Å². The van der Waals surface area contributed by atoms with Gasteiger partial charge in [0.15, 0.2) is 0 Å². The average molecular weight is 253 g/mol. The standard InChI is InChI=1S/C13H19NO4/c1-13(2,12(17)18)9-3-5-10(6-4-9)14-7-11(16)8-15/h3-6,11,14-16H,7-8H2,1-2H3,(H,17,18). The molecule has 0 heterocycles. The Labute approximate surface area is 106 Å². The first-order chi connectivity index (χ1) is 8.37. The summed E-state index contributed by atoms with van der Waals surface area (Å²) in [6, 6.07) is 6.98. The lowest BCUT2D eigenvalue weighted by molar-refractivity contribution is -0.142. The topological polar surface area (TPSA) is 89.8 Å². The van der Waals surface area contributed by atoms with E-state index in [9.17, 15) is 9.90 Å². The molecule has 18 heavy (non-hydrogen) atoms. The van der Waals surface area contributed by atoms with E-state index in [-0.39, 0.29) is 13.2 Å². The van der Waals surface area contributed by atoms with Gasteiger partial charge >= 0.3 is 5.97 Å². The summed E-state index contributed by atoms with van der Waals surface area (Å²) in [6.07, 6.45) is -0.805. The third kappa shape index (κ3) is 3.45. The van der Waals surface area contributed by atoms with Crippen LogP contribution in [0.5, 0.6) is 0 Å². The van der Waals surface area contributed by atoms with E-state index in [2.05, 4.69) is 5.32 Å². The van der Waals surface area contributed by atoms with Crippen molar-refractivity contribution in [2.75, 3.05) is 18.5 Å². The zero-order valence-electron chi connectivity index (χ0n) is 10.6. The third-order valence-corrected chi connectivity index (χ3v) is 2.89. The maximum Gasteiger partial charge on any atom is 0.313 e. The average Bonchev–Trinajstić information content (AvgIpc) is 2.36. The van der Waals surface area contributed by atoms with Crippen LogP contribution in [0, 0.1) is 0 Å². The quantitative estimate of drug-likeness (QED) is 0.602. The summed E-state index contributed by atoms with van der Waals surface area (Å²) in [5, 5.41) is 29.9. The molecule has 0 radical (unpaired) electrons. The van der Waals surface area contributed by atoms with Gasteiger partial charge < -0.3 is 20.6 Å². The molecular formula is C13H19NO4. The molecule has 0 aliphatic carbocycles. The molecule has 0 saturated carbocycles. The number of benzene rings is 1. The van der Waals surface area contributed by atoms with Crippen molar-refractivity contribution in [3.05, 3.63) is 29.8 Å². The minimum absolute atomic E-state index is 0.248. The normalized spacial score (nSPS) is 13.1. The van der Waals surface area contributed by atoms with Gasteiger partial charge in [-0.25, -0.2) is 0 Å². The number of rotatable bonds is 6. The van der Waals surface area contributed by atoms with E-state index in [1.54, 1.807) is 38.1 Å². The Kier molecular flexibility index (Phi) is 4.69. The van der Waals surface area contributed by atoms with E-state index in [0.717, 1.165) is 5.69 Å². The molecule has 4 N–H and O–H groups in total. The van der Waals surface area contributed by atoms with Crippen LogP contribution in [-0.4, -0.2) is 40.5 Å². The molecule has 1 rings (SSSR count). The first-order valence-corrected chi connectivity index (χ1v) is 5.74. The second-order valence-corrected chi connectivity index (χ2v) is 4.72. The third-order valence-electron chi connectivity index (χ3n) is 2.89. The summed E-state index contributed by atoms with van der Waals surface area (Å²) >= 11 is 0. The molecule has 5 nitrogen and oxygen atoms in total. The molecule has 0 aliphatic heterocycles. The molecule has 1 unspecified atom stereocenters. The molecule has 0 aliphatic rings. The number of aliphatic carboxylic acids is 1. The van der Waals surface area contributed by atoms with Gasteiger partial charge in [-0.1, -0.05) is 12.1 Å². The smallest absolute Gasteiger partial charge is 0.313 e. The molecule has 1 atom stereocenters. The van der Waals surface area contributed by atoms with Crippen molar-refractivity contribution in [1.82, 2.24) is 0 Å². The summed E-state index contributed by atoms with van der Waals surface area (Å²) in [4.78, 5) is 11.1. The summed E-state index contributed by atoms with van der Waals surface area (Å²) in [5.74, 6) is -0.876. The molecule has 100 valence electrons. The zero-order chi connectivity index (χ0) is 13.8. The summed E-state index contributed by atoms with van der Waals surface area (Å²) < 4.78 is 0. The summed E-state index contributed by atoms with van der Waals surface area (Å²) in [5.41, 5.74) is 0.555. The number of hydrogen-bond donors (Lipinski definition) is 4. The van der Waals surface area contributed by atoms with Crippen molar-refractivity contribution in [1.29, 1.82) is 0 Å². The van der Waals surface area contributed by atoms with E-state index >= 15 is 0 Å². The van der Waals surface area contributed by atoms with Gasteiger partial charge in [0.05, 0.1) is 18.1 Å². The summed E-state index contributed by atoms with van der Waals surface area (Å²) in [7, 11) is 0. The van der Waals surface area contributed by atoms with Gasteiger partial charge in [-0.2, -0.15) is 0 Å². The molecule has 5 heteroatoms. The number of aliphatic hydroxyl groups excluding tert-OH is 2. The minimum Gasteiger partial charge on any atom is -0.481 e. The highest BCUT2D eigenvalue weighted by molar-refractivity contribution is 5.80. The van der Waals surface area contributed by atoms with Crippen LogP contribution in [0.2, 0.25) is 0 Å². The highest BCUT2D eigenvalue weighted by Crippen LogP contribution is 2.24. The predicted molar refractivity (Wildman–Crippen MR) is 68.7 cm³/mol. The molecule has 0 amide bonds. The Balaban J connectivity index is 2.71. The Bertz CT molecular complexity index is 400. The monoisotopic (exact) mass is 253 g/mol. The van der Waals surface area contributed by atoms with Crippen molar-refractivity contribution < 1.29 is 20.1 Å². The highest BCUT2D eigenvalue weighted by Gasteiger charge is 2.29. The summed E-state index contributed by atoms with van der Waals surface area (Å²) in [6.45, 7) is 3.25. The van der Waals surface area contributed by atoms with Crippen LogP contribution < -0.4 is 5.32 Å². The molecule has 0 saturated heterocycles. The second kappa shape index (κ2) is 5.84. The molecule has 1 aromatic carbocycles. The lowest BCUT2D eigenvalue weighted by atomic mass is 9.85. The van der Waals surface area contributed by atoms with Crippen LogP contribution >= 0.6 is 0 Å². The molecule has 0 aromatic heterocycles. The second-order valence-electron chi connectivity index (χ2n) is 4.72. The Morgan fingerprint density at radius 1 is 1.33 bits per heavy atom. The van der Waals surface area contributed by atoms with Crippen LogP contribution in [0.4, 0.5) is 5.69 Å². The van der Waals surface area contributed by atoms with Crippen molar-refractivity contribution in [3.8, 4) is 0 Å². The fourth-order valence-electron chi connectivity index (χ4n) is 1.43. The van der Waals surface area contributed by atoms with Gasteiger partial charge in [0.25, 0.3) is 0 Å². The van der Waals surface area contributed by atoms with Crippen LogP contribution in [0.1, 0.15) is 19.4 Å². The van der Waals surface area contributed by atoms with E-state index in [1.807, 2.05) is 0 Å². The molecule has 0 fully saturated rings. The Hall–Kier alpha value is -1.59. The van der Waals surface area contributed by atoms with E-state index in [0.29, 0.717) is 5.56 Å². The van der Waals surface area contributed by atoms with Gasteiger partial charge in [0, 0.05) is 12.2 Å². The number of aliphatic hydroxyl groups is 2. The van der Waals surface area contributed by atoms with Gasteiger partial charge in [0.2, 0.25) is 0 Å². The Morgan fingerprint density at radius 3 is 2.33 bits per heavy atom. The van der Waals surface area contributed by atoms with E-state index in [1.165, 1.54) is 0 Å². The van der Waals surface area contributed by atoms with Crippen molar-refractivity contribution >= 4 is 11.7 Å². The number of carbonyl (C=O) groups is 1. The van der Waals surface area contributed by atoms with Crippen molar-refractivity contribution in [3.63, 3.8) is 0 Å². The SMILES string of the molecule is CC(C)(C(=O)O)c1ccc(NCC(O)CO)cc1. The number of hydrogen-bond acceptors (Lipinski definition) is 4. The zero-order valence-corrected chi connectivity index (χ0v) is 10.6. The molecule has 0 spiro atoms. The van der Waals surface area contributed by atoms with Gasteiger partial charge in [-0.05, 0) is 31.5 Å². The lowest BCUT2D eigenvalue weighted by Crippen LogP contribution is -2.28. The molecule has 0 bridgehead atoms. The van der Waals surface area contributed by atoms with Gasteiger partial charge in [-0.15, -0.1) is 0 Å². The highest BCUT2D eigenvalue weighted by atomic mass is 16.4. The van der Waals surface area contributed by atoms with Crippen molar-refractivity contribution in [2.45, 2.75) is 25.4 Å². The fourth-order valence-corrected chi connectivity index (χ4v) is 1.43.